The van der Waals surface area contributed by atoms with Crippen molar-refractivity contribution in [2.24, 2.45) is 5.16 Å². The maximum Gasteiger partial charge on any atom is 0.332 e. The molecule has 0 unspecified atom stereocenters. The largest absolute Gasteiger partial charge is 0.478 e. The van der Waals surface area contributed by atoms with E-state index in [-0.39, 0.29) is 18.2 Å². The van der Waals surface area contributed by atoms with Crippen LogP contribution in [0.2, 0.25) is 0 Å². The fourth-order valence-corrected chi connectivity index (χ4v) is 3.16. The second-order valence-electron chi connectivity index (χ2n) is 6.70. The van der Waals surface area contributed by atoms with E-state index in [1.807, 2.05) is 36.1 Å². The molecule has 1 aliphatic heterocycles. The van der Waals surface area contributed by atoms with Crippen molar-refractivity contribution in [2.75, 3.05) is 26.2 Å². The summed E-state index contributed by atoms with van der Waals surface area (Å²) >= 11 is 0. The third-order valence-corrected chi connectivity index (χ3v) is 4.66. The van der Waals surface area contributed by atoms with Gasteiger partial charge in [0.15, 0.2) is 0 Å². The second kappa shape index (κ2) is 10.7. The predicted octanol–water partition coefficient (Wildman–Crippen LogP) is 4.04. The molecule has 1 heterocycles. The summed E-state index contributed by atoms with van der Waals surface area (Å²) < 4.78 is 13.7. The van der Waals surface area contributed by atoms with Crippen LogP contribution in [-0.2, 0) is 9.63 Å². The zero-order valence-electron chi connectivity index (χ0n) is 16.2. The van der Waals surface area contributed by atoms with E-state index in [0.29, 0.717) is 43.0 Å². The Hall–Kier alpha value is -2.70. The molecule has 0 saturated heterocycles. The number of aliphatic carboxylic acids is 1. The summed E-state index contributed by atoms with van der Waals surface area (Å²) in [6.45, 7) is 4.04. The number of rotatable bonds is 7. The van der Waals surface area contributed by atoms with Gasteiger partial charge in [0.05, 0.1) is 0 Å². The molecule has 5 nitrogen and oxygen atoms in total. The zero-order chi connectivity index (χ0) is 19.9. The van der Waals surface area contributed by atoms with E-state index in [4.69, 9.17) is 9.94 Å². The van der Waals surface area contributed by atoms with Crippen LogP contribution < -0.4 is 0 Å². The van der Waals surface area contributed by atoms with Crippen molar-refractivity contribution in [3.63, 3.8) is 0 Å². The van der Waals surface area contributed by atoms with Crippen LogP contribution in [0.15, 0.2) is 65.3 Å². The Morgan fingerprint density at radius 1 is 1.24 bits per heavy atom. The van der Waals surface area contributed by atoms with Gasteiger partial charge in [-0.1, -0.05) is 47.6 Å². The predicted molar refractivity (Wildman–Crippen MR) is 113 cm³/mol. The summed E-state index contributed by atoms with van der Waals surface area (Å²) in [5.41, 5.74) is 3.52. The number of aryl methyl sites for hydroxylation is 1. The summed E-state index contributed by atoms with van der Waals surface area (Å²) in [4.78, 5) is 18.7. The fourth-order valence-electron chi connectivity index (χ4n) is 3.16. The van der Waals surface area contributed by atoms with Crippen LogP contribution in [0, 0.1) is 12.7 Å². The molecule has 0 spiro atoms. The highest BCUT2D eigenvalue weighted by molar-refractivity contribution is 6.13. The molecule has 0 radical (unpaired) electrons. The molecule has 0 amide bonds. The first-order valence-electron chi connectivity index (χ1n) is 9.21. The Balaban J connectivity index is 0.00000300. The van der Waals surface area contributed by atoms with E-state index in [1.54, 1.807) is 18.2 Å². The summed E-state index contributed by atoms with van der Waals surface area (Å²) in [6.07, 6.45) is 2.47. The minimum Gasteiger partial charge on any atom is -0.478 e. The lowest BCUT2D eigenvalue weighted by atomic mass is 9.98. The molecule has 29 heavy (non-hydrogen) atoms. The van der Waals surface area contributed by atoms with Crippen molar-refractivity contribution < 1.29 is 19.1 Å². The molecule has 0 bridgehead atoms. The molecule has 154 valence electrons. The van der Waals surface area contributed by atoms with Crippen LogP contribution in [0.4, 0.5) is 4.39 Å². The summed E-state index contributed by atoms with van der Waals surface area (Å²) in [7, 11) is 0. The number of hydrogen-bond donors (Lipinski definition) is 1. The number of carboxylic acid groups (broad SMARTS) is 1. The number of halogens is 2. The molecule has 0 aliphatic carbocycles. The number of carbonyl (C=O) groups is 1. The highest BCUT2D eigenvalue weighted by atomic mass is 35.5. The first-order valence-corrected chi connectivity index (χ1v) is 9.21. The normalized spacial score (nSPS) is 14.7. The first kappa shape index (κ1) is 22.6. The van der Waals surface area contributed by atoms with Gasteiger partial charge in [-0.3, -0.25) is 4.90 Å². The van der Waals surface area contributed by atoms with Gasteiger partial charge in [0.25, 0.3) is 0 Å². The molecule has 0 saturated carbocycles. The monoisotopic (exact) mass is 418 g/mol. The molecular weight excluding hydrogens is 395 g/mol. The number of oxime groups is 1. The molecule has 7 heteroatoms. The Kier molecular flexibility index (Phi) is 8.36. The Morgan fingerprint density at radius 2 is 2.03 bits per heavy atom. The third-order valence-electron chi connectivity index (χ3n) is 4.66. The lowest BCUT2D eigenvalue weighted by Crippen LogP contribution is -2.34. The highest BCUT2D eigenvalue weighted by Gasteiger charge is 2.17. The topological polar surface area (TPSA) is 62.1 Å². The fraction of sp³-hybridized carbons (Fsp3) is 0.273. The molecule has 1 aliphatic rings. The van der Waals surface area contributed by atoms with E-state index in [1.165, 1.54) is 12.1 Å². The summed E-state index contributed by atoms with van der Waals surface area (Å²) in [5.74, 6) is -1.21. The number of hydrogen-bond acceptors (Lipinski definition) is 4. The van der Waals surface area contributed by atoms with E-state index in [2.05, 4.69) is 5.16 Å². The Morgan fingerprint density at radius 3 is 2.76 bits per heavy atom. The standard InChI is InChI=1S/C22H23FN2O3.ClH/c1-16-6-2-3-10-20(16)21(17-7-4-9-19(23)14-17)24-28-13-12-25-11-5-8-18(15-25)22(26)27;/h2-4,6-10,14H,5,11-13,15H2,1H3,(H,26,27);1H/b24-21+;. The SMILES string of the molecule is Cc1ccccc1/C(=N/OCCN1CCC=C(C(=O)O)C1)c1cccc(F)c1.Cl. The molecular formula is C22H24ClFN2O3. The maximum atomic E-state index is 13.7. The number of nitrogens with zero attached hydrogens (tertiary/aromatic N) is 2. The van der Waals surface area contributed by atoms with Crippen LogP contribution in [0.25, 0.3) is 0 Å². The molecule has 2 aromatic rings. The number of benzene rings is 2. The lowest BCUT2D eigenvalue weighted by molar-refractivity contribution is -0.133. The molecule has 0 atom stereocenters. The average Bonchev–Trinajstić information content (AvgIpc) is 2.69. The van der Waals surface area contributed by atoms with Gasteiger partial charge in [-0.05, 0) is 31.0 Å². The van der Waals surface area contributed by atoms with Crippen LogP contribution in [0.1, 0.15) is 23.1 Å². The quantitative estimate of drug-likeness (QED) is 0.418. The smallest absolute Gasteiger partial charge is 0.332 e. The average molecular weight is 419 g/mol. The zero-order valence-corrected chi connectivity index (χ0v) is 17.0. The van der Waals surface area contributed by atoms with Crippen LogP contribution >= 0.6 is 12.4 Å². The highest BCUT2D eigenvalue weighted by Crippen LogP contribution is 2.16. The van der Waals surface area contributed by atoms with E-state index in [9.17, 15) is 9.18 Å². The van der Waals surface area contributed by atoms with Gasteiger partial charge >= 0.3 is 5.97 Å². The minimum absolute atomic E-state index is 0. The van der Waals surface area contributed by atoms with Crippen LogP contribution in [-0.4, -0.2) is 47.9 Å². The second-order valence-corrected chi connectivity index (χ2v) is 6.70. The van der Waals surface area contributed by atoms with E-state index >= 15 is 0 Å². The van der Waals surface area contributed by atoms with Crippen molar-refractivity contribution in [3.05, 3.63) is 82.7 Å². The van der Waals surface area contributed by atoms with Crippen LogP contribution in [0.3, 0.4) is 0 Å². The molecule has 3 rings (SSSR count). The van der Waals surface area contributed by atoms with Crippen molar-refractivity contribution in [1.82, 2.24) is 4.90 Å². The van der Waals surface area contributed by atoms with Gasteiger partial charge < -0.3 is 9.94 Å². The maximum absolute atomic E-state index is 13.7. The first-order chi connectivity index (χ1) is 13.5. The third kappa shape index (κ3) is 6.14. The van der Waals surface area contributed by atoms with Gasteiger partial charge in [0, 0.05) is 36.3 Å². The lowest BCUT2D eigenvalue weighted by Gasteiger charge is -2.24. The molecule has 0 aromatic heterocycles. The molecule has 2 aromatic carbocycles. The minimum atomic E-state index is -0.878. The van der Waals surface area contributed by atoms with Crippen molar-refractivity contribution >= 4 is 24.1 Å². The van der Waals surface area contributed by atoms with Crippen molar-refractivity contribution in [1.29, 1.82) is 0 Å². The Labute approximate surface area is 175 Å². The Bertz CT molecular complexity index is 914. The van der Waals surface area contributed by atoms with Gasteiger partial charge in [0.2, 0.25) is 0 Å². The summed E-state index contributed by atoms with van der Waals surface area (Å²) in [6, 6.07) is 14.0. The van der Waals surface area contributed by atoms with Crippen molar-refractivity contribution in [3.8, 4) is 0 Å². The van der Waals surface area contributed by atoms with Gasteiger partial charge in [-0.2, -0.15) is 0 Å². The van der Waals surface area contributed by atoms with Crippen molar-refractivity contribution in [2.45, 2.75) is 13.3 Å². The van der Waals surface area contributed by atoms with E-state index in [0.717, 1.165) is 17.7 Å². The van der Waals surface area contributed by atoms with E-state index < -0.39 is 5.97 Å². The molecule has 1 N–H and O–H groups in total. The number of carboxylic acids is 1. The molecule has 0 fully saturated rings. The van der Waals surface area contributed by atoms with Gasteiger partial charge in [-0.15, -0.1) is 12.4 Å². The van der Waals surface area contributed by atoms with Gasteiger partial charge in [0.1, 0.15) is 18.1 Å². The van der Waals surface area contributed by atoms with Crippen LogP contribution in [0.5, 0.6) is 0 Å². The summed E-state index contributed by atoms with van der Waals surface area (Å²) in [5, 5.41) is 13.4. The van der Waals surface area contributed by atoms with Gasteiger partial charge in [-0.25, -0.2) is 9.18 Å².